The van der Waals surface area contributed by atoms with Gasteiger partial charge in [0, 0.05) is 38.4 Å². The van der Waals surface area contributed by atoms with Crippen LogP contribution in [0, 0.1) is 0 Å². The molecule has 2 rings (SSSR count). The highest BCUT2D eigenvalue weighted by molar-refractivity contribution is 5.08. The average Bonchev–Trinajstić information content (AvgIpc) is 2.30. The fourth-order valence-corrected chi connectivity index (χ4v) is 1.88. The summed E-state index contributed by atoms with van der Waals surface area (Å²) in [4.78, 5) is 6.86. The van der Waals surface area contributed by atoms with Crippen molar-refractivity contribution in [2.45, 2.75) is 13.0 Å². The molecule has 0 amide bonds. The van der Waals surface area contributed by atoms with Gasteiger partial charge in [0.2, 0.25) is 0 Å². The molecular weight excluding hydrogens is 174 g/mol. The second kappa shape index (κ2) is 4.53. The maximum atomic E-state index is 4.39. The van der Waals surface area contributed by atoms with E-state index in [0.29, 0.717) is 6.04 Å². The Kier molecular flexibility index (Phi) is 3.11. The topological polar surface area (TPSA) is 28.2 Å². The molecular formula is C11H17N3. The van der Waals surface area contributed by atoms with Crippen LogP contribution in [0.15, 0.2) is 24.4 Å². The Hall–Kier alpha value is -0.930. The van der Waals surface area contributed by atoms with Gasteiger partial charge in [-0.15, -0.1) is 0 Å². The Morgan fingerprint density at radius 3 is 2.79 bits per heavy atom. The minimum atomic E-state index is 0.443. The van der Waals surface area contributed by atoms with E-state index in [-0.39, 0.29) is 0 Å². The molecule has 3 heteroatoms. The zero-order chi connectivity index (χ0) is 9.80. The number of pyridine rings is 1. The van der Waals surface area contributed by atoms with Gasteiger partial charge in [0.1, 0.15) is 0 Å². The summed E-state index contributed by atoms with van der Waals surface area (Å²) in [6.07, 6.45) is 1.87. The molecule has 0 unspecified atom stereocenters. The standard InChI is InChI=1S/C11H17N3/c1-10(11-4-2-3-5-13-11)14-8-6-12-7-9-14/h2-5,10,12H,6-9H2,1H3/t10-/m0/s1. The highest BCUT2D eigenvalue weighted by Gasteiger charge is 2.17. The number of hydrogen-bond acceptors (Lipinski definition) is 3. The second-order valence-corrected chi connectivity index (χ2v) is 3.72. The molecule has 1 N–H and O–H groups in total. The highest BCUT2D eigenvalue weighted by atomic mass is 15.2. The Balaban J connectivity index is 2.03. The fraction of sp³-hybridized carbons (Fsp3) is 0.545. The van der Waals surface area contributed by atoms with Gasteiger partial charge in [-0.05, 0) is 19.1 Å². The highest BCUT2D eigenvalue weighted by Crippen LogP contribution is 2.17. The van der Waals surface area contributed by atoms with Crippen molar-refractivity contribution in [2.24, 2.45) is 0 Å². The molecule has 76 valence electrons. The van der Waals surface area contributed by atoms with E-state index in [2.05, 4.69) is 34.3 Å². The van der Waals surface area contributed by atoms with Gasteiger partial charge >= 0.3 is 0 Å². The van der Waals surface area contributed by atoms with Crippen molar-refractivity contribution in [3.8, 4) is 0 Å². The first-order valence-corrected chi connectivity index (χ1v) is 5.23. The van der Waals surface area contributed by atoms with Crippen LogP contribution in [0.3, 0.4) is 0 Å². The summed E-state index contributed by atoms with van der Waals surface area (Å²) >= 11 is 0. The number of piperazine rings is 1. The molecule has 1 atom stereocenters. The van der Waals surface area contributed by atoms with Gasteiger partial charge in [-0.25, -0.2) is 0 Å². The molecule has 0 saturated carbocycles. The maximum Gasteiger partial charge on any atom is 0.0572 e. The van der Waals surface area contributed by atoms with Crippen molar-refractivity contribution in [3.05, 3.63) is 30.1 Å². The minimum Gasteiger partial charge on any atom is -0.314 e. The van der Waals surface area contributed by atoms with E-state index >= 15 is 0 Å². The number of rotatable bonds is 2. The predicted octanol–water partition coefficient (Wildman–Crippen LogP) is 1.05. The molecule has 3 nitrogen and oxygen atoms in total. The summed E-state index contributed by atoms with van der Waals surface area (Å²) in [5, 5.41) is 3.36. The third-order valence-electron chi connectivity index (χ3n) is 2.82. The fourth-order valence-electron chi connectivity index (χ4n) is 1.88. The smallest absolute Gasteiger partial charge is 0.0572 e. The lowest BCUT2D eigenvalue weighted by atomic mass is 10.1. The van der Waals surface area contributed by atoms with Crippen LogP contribution >= 0.6 is 0 Å². The lowest BCUT2D eigenvalue weighted by molar-refractivity contribution is 0.182. The van der Waals surface area contributed by atoms with Crippen molar-refractivity contribution in [3.63, 3.8) is 0 Å². The summed E-state index contributed by atoms with van der Waals surface area (Å²) in [6.45, 7) is 6.66. The van der Waals surface area contributed by atoms with Gasteiger partial charge in [0.05, 0.1) is 5.69 Å². The van der Waals surface area contributed by atoms with Gasteiger partial charge in [0.15, 0.2) is 0 Å². The molecule has 0 aromatic carbocycles. The van der Waals surface area contributed by atoms with Crippen molar-refractivity contribution in [1.29, 1.82) is 0 Å². The lowest BCUT2D eigenvalue weighted by Gasteiger charge is -2.32. The molecule has 1 aliphatic rings. The summed E-state index contributed by atoms with van der Waals surface area (Å²) in [5.41, 5.74) is 1.18. The Bertz CT molecular complexity index is 267. The maximum absolute atomic E-state index is 4.39. The van der Waals surface area contributed by atoms with Crippen molar-refractivity contribution in [2.75, 3.05) is 26.2 Å². The van der Waals surface area contributed by atoms with Crippen LogP contribution < -0.4 is 5.32 Å². The number of nitrogens with zero attached hydrogens (tertiary/aromatic N) is 2. The largest absolute Gasteiger partial charge is 0.314 e. The van der Waals surface area contributed by atoms with Gasteiger partial charge in [0.25, 0.3) is 0 Å². The average molecular weight is 191 g/mol. The first-order chi connectivity index (χ1) is 6.88. The van der Waals surface area contributed by atoms with Crippen LogP contribution in [0.4, 0.5) is 0 Å². The lowest BCUT2D eigenvalue weighted by Crippen LogP contribution is -2.44. The summed E-state index contributed by atoms with van der Waals surface area (Å²) in [5.74, 6) is 0. The molecule has 0 radical (unpaired) electrons. The van der Waals surface area contributed by atoms with E-state index in [1.807, 2.05) is 12.3 Å². The van der Waals surface area contributed by atoms with Crippen LogP contribution in [-0.2, 0) is 0 Å². The molecule has 0 bridgehead atoms. The number of hydrogen-bond donors (Lipinski definition) is 1. The SMILES string of the molecule is C[C@@H](c1ccccn1)N1CCNCC1. The van der Waals surface area contributed by atoms with E-state index < -0.39 is 0 Å². The summed E-state index contributed by atoms with van der Waals surface area (Å²) < 4.78 is 0. The van der Waals surface area contributed by atoms with E-state index in [1.54, 1.807) is 0 Å². The molecule has 1 aromatic heterocycles. The zero-order valence-corrected chi connectivity index (χ0v) is 8.61. The molecule has 1 aromatic rings. The Morgan fingerprint density at radius 2 is 2.14 bits per heavy atom. The van der Waals surface area contributed by atoms with Crippen molar-refractivity contribution in [1.82, 2.24) is 15.2 Å². The number of aromatic nitrogens is 1. The second-order valence-electron chi connectivity index (χ2n) is 3.72. The van der Waals surface area contributed by atoms with Crippen LogP contribution in [0.25, 0.3) is 0 Å². The minimum absolute atomic E-state index is 0.443. The van der Waals surface area contributed by atoms with E-state index in [9.17, 15) is 0 Å². The quantitative estimate of drug-likeness (QED) is 0.757. The van der Waals surface area contributed by atoms with Gasteiger partial charge in [-0.2, -0.15) is 0 Å². The third kappa shape index (κ3) is 2.11. The first-order valence-electron chi connectivity index (χ1n) is 5.23. The van der Waals surface area contributed by atoms with Crippen LogP contribution in [0.1, 0.15) is 18.7 Å². The van der Waals surface area contributed by atoms with Crippen molar-refractivity contribution < 1.29 is 0 Å². The third-order valence-corrected chi connectivity index (χ3v) is 2.82. The Morgan fingerprint density at radius 1 is 1.36 bits per heavy atom. The van der Waals surface area contributed by atoms with Crippen LogP contribution in [0.5, 0.6) is 0 Å². The molecule has 1 fully saturated rings. The zero-order valence-electron chi connectivity index (χ0n) is 8.61. The van der Waals surface area contributed by atoms with Crippen molar-refractivity contribution >= 4 is 0 Å². The van der Waals surface area contributed by atoms with Crippen LogP contribution in [0.2, 0.25) is 0 Å². The molecule has 14 heavy (non-hydrogen) atoms. The van der Waals surface area contributed by atoms with Gasteiger partial charge in [-0.3, -0.25) is 9.88 Å². The molecule has 2 heterocycles. The van der Waals surface area contributed by atoms with Gasteiger partial charge < -0.3 is 5.32 Å². The summed E-state index contributed by atoms with van der Waals surface area (Å²) in [6, 6.07) is 6.57. The molecule has 1 aliphatic heterocycles. The molecule has 1 saturated heterocycles. The van der Waals surface area contributed by atoms with E-state index in [0.717, 1.165) is 26.2 Å². The first kappa shape index (κ1) is 9.62. The number of nitrogens with one attached hydrogen (secondary N) is 1. The normalized spacial score (nSPS) is 20.6. The predicted molar refractivity (Wildman–Crippen MR) is 57.1 cm³/mol. The van der Waals surface area contributed by atoms with E-state index in [1.165, 1.54) is 5.69 Å². The van der Waals surface area contributed by atoms with Gasteiger partial charge in [-0.1, -0.05) is 6.07 Å². The van der Waals surface area contributed by atoms with E-state index in [4.69, 9.17) is 0 Å². The Labute approximate surface area is 85.1 Å². The molecule has 0 spiro atoms. The monoisotopic (exact) mass is 191 g/mol. The summed E-state index contributed by atoms with van der Waals surface area (Å²) in [7, 11) is 0. The van der Waals surface area contributed by atoms with Crippen LogP contribution in [-0.4, -0.2) is 36.1 Å². The molecule has 0 aliphatic carbocycles.